The number of urea groups is 1. The van der Waals surface area contributed by atoms with Gasteiger partial charge in [-0.05, 0) is 52.0 Å². The van der Waals surface area contributed by atoms with Crippen LogP contribution in [-0.2, 0) is 9.53 Å². The first-order chi connectivity index (χ1) is 14.0. The third kappa shape index (κ3) is 6.36. The third-order valence-corrected chi connectivity index (χ3v) is 4.51. The van der Waals surface area contributed by atoms with Gasteiger partial charge in [0, 0.05) is 26.2 Å². The molecule has 2 rings (SSSR count). The van der Waals surface area contributed by atoms with Gasteiger partial charge < -0.3 is 20.7 Å². The Balaban J connectivity index is 1.99. The van der Waals surface area contributed by atoms with Gasteiger partial charge in [0.2, 0.25) is 0 Å². The standard InChI is InChI=1S/C20H30N6O4/c1-13(22-15(6-9-21)12-16-17(27)24-18(28)25(16)5)26-10-7-14(8-11-26)23-19(29)30-20(2,3)4/h6,9,12,14H,1,7-8,10-11,21H2,2-5H3,(H,23,29)(H,24,27,28)/b9-6-,16-12-,22-15?. The predicted molar refractivity (Wildman–Crippen MR) is 113 cm³/mol. The second-order valence-electron chi connectivity index (χ2n) is 8.07. The van der Waals surface area contributed by atoms with Gasteiger partial charge in [0.15, 0.2) is 0 Å². The molecule has 0 aromatic heterocycles. The summed E-state index contributed by atoms with van der Waals surface area (Å²) >= 11 is 0. The molecule has 30 heavy (non-hydrogen) atoms. The Morgan fingerprint density at radius 1 is 1.33 bits per heavy atom. The molecule has 2 aliphatic rings. The normalized spacial score (nSPS) is 20.1. The van der Waals surface area contributed by atoms with Crippen LogP contribution >= 0.6 is 0 Å². The first-order valence-electron chi connectivity index (χ1n) is 9.71. The number of likely N-dealkylation sites (tertiary alicyclic amines) is 1. The molecular weight excluding hydrogens is 388 g/mol. The van der Waals surface area contributed by atoms with E-state index in [2.05, 4.69) is 22.2 Å². The molecule has 0 aliphatic carbocycles. The summed E-state index contributed by atoms with van der Waals surface area (Å²) in [7, 11) is 1.49. The SMILES string of the molecule is C=C(N=C(/C=C\N)/C=C1/C(=O)NC(=O)N1C)N1CCC(NC(=O)OC(C)(C)C)CC1. The van der Waals surface area contributed by atoms with E-state index >= 15 is 0 Å². The van der Waals surface area contributed by atoms with Crippen molar-refractivity contribution in [1.29, 1.82) is 0 Å². The van der Waals surface area contributed by atoms with Gasteiger partial charge in [0.1, 0.15) is 17.1 Å². The average molecular weight is 418 g/mol. The van der Waals surface area contributed by atoms with E-state index in [4.69, 9.17) is 10.5 Å². The molecular formula is C20H30N6O4. The molecule has 4 amide bonds. The van der Waals surface area contributed by atoms with E-state index in [0.717, 1.165) is 12.8 Å². The Hall–Kier alpha value is -3.30. The fraction of sp³-hybridized carbons (Fsp3) is 0.500. The first-order valence-corrected chi connectivity index (χ1v) is 9.71. The summed E-state index contributed by atoms with van der Waals surface area (Å²) in [6.07, 6.45) is 5.32. The number of hydrogen-bond acceptors (Lipinski definition) is 7. The van der Waals surface area contributed by atoms with Crippen LogP contribution in [0.25, 0.3) is 0 Å². The maximum atomic E-state index is 11.9. The highest BCUT2D eigenvalue weighted by atomic mass is 16.6. The fourth-order valence-corrected chi connectivity index (χ4v) is 3.00. The van der Waals surface area contributed by atoms with Crippen molar-refractivity contribution in [2.45, 2.75) is 45.3 Å². The van der Waals surface area contributed by atoms with Gasteiger partial charge >= 0.3 is 12.1 Å². The Morgan fingerprint density at radius 3 is 2.47 bits per heavy atom. The number of likely N-dealkylation sites (N-methyl/N-ethyl adjacent to an activating group) is 1. The van der Waals surface area contributed by atoms with Crippen LogP contribution in [0.3, 0.4) is 0 Å². The Labute approximate surface area is 176 Å². The lowest BCUT2D eigenvalue weighted by atomic mass is 10.1. The van der Waals surface area contributed by atoms with Crippen LogP contribution in [0.15, 0.2) is 41.4 Å². The number of allylic oxidation sites excluding steroid dienone is 2. The Morgan fingerprint density at radius 2 is 1.97 bits per heavy atom. The number of nitrogens with zero attached hydrogens (tertiary/aromatic N) is 3. The van der Waals surface area contributed by atoms with E-state index in [9.17, 15) is 14.4 Å². The first kappa shape index (κ1) is 23.0. The Kier molecular flexibility index (Phi) is 7.25. The summed E-state index contributed by atoms with van der Waals surface area (Å²) in [5, 5.41) is 5.09. The molecule has 0 aromatic rings. The number of hydrogen-bond donors (Lipinski definition) is 3. The van der Waals surface area contributed by atoms with E-state index in [1.165, 1.54) is 30.3 Å². The summed E-state index contributed by atoms with van der Waals surface area (Å²) in [6, 6.07) is -0.485. The zero-order valence-electron chi connectivity index (χ0n) is 17.9. The highest BCUT2D eigenvalue weighted by molar-refractivity contribution is 6.16. The van der Waals surface area contributed by atoms with Gasteiger partial charge in [-0.15, -0.1) is 0 Å². The second-order valence-corrected chi connectivity index (χ2v) is 8.07. The molecule has 10 nitrogen and oxygen atoms in total. The number of alkyl carbamates (subject to hydrolysis) is 1. The number of amides is 4. The minimum atomic E-state index is -0.538. The van der Waals surface area contributed by atoms with Gasteiger partial charge in [-0.25, -0.2) is 14.6 Å². The van der Waals surface area contributed by atoms with Crippen molar-refractivity contribution in [3.8, 4) is 0 Å². The second kappa shape index (κ2) is 9.47. The van der Waals surface area contributed by atoms with Crippen LogP contribution in [0.2, 0.25) is 0 Å². The van der Waals surface area contributed by atoms with Crippen LogP contribution in [0.4, 0.5) is 9.59 Å². The molecule has 0 spiro atoms. The maximum absolute atomic E-state index is 11.9. The van der Waals surface area contributed by atoms with Gasteiger partial charge in [-0.3, -0.25) is 15.0 Å². The number of piperidine rings is 1. The monoisotopic (exact) mass is 418 g/mol. The molecule has 2 fully saturated rings. The number of imide groups is 1. The predicted octanol–water partition coefficient (Wildman–Crippen LogP) is 1.43. The molecule has 0 radical (unpaired) electrons. The third-order valence-electron chi connectivity index (χ3n) is 4.51. The Bertz CT molecular complexity index is 801. The molecule has 2 aliphatic heterocycles. The van der Waals surface area contributed by atoms with Crippen LogP contribution < -0.4 is 16.4 Å². The number of nitrogens with one attached hydrogen (secondary N) is 2. The smallest absolute Gasteiger partial charge is 0.407 e. The largest absolute Gasteiger partial charge is 0.444 e. The molecule has 2 saturated heterocycles. The highest BCUT2D eigenvalue weighted by Crippen LogP contribution is 2.17. The van der Waals surface area contributed by atoms with Crippen molar-refractivity contribution < 1.29 is 19.1 Å². The lowest BCUT2D eigenvalue weighted by Gasteiger charge is -2.34. The van der Waals surface area contributed by atoms with Gasteiger partial charge in [0.05, 0.1) is 5.71 Å². The molecule has 0 bridgehead atoms. The lowest BCUT2D eigenvalue weighted by molar-refractivity contribution is -0.116. The van der Waals surface area contributed by atoms with Gasteiger partial charge in [-0.1, -0.05) is 6.58 Å². The number of ether oxygens (including phenoxy) is 1. The molecule has 2 heterocycles. The van der Waals surface area contributed by atoms with Crippen LogP contribution in [0.1, 0.15) is 33.6 Å². The molecule has 0 unspecified atom stereocenters. The molecule has 0 saturated carbocycles. The van der Waals surface area contributed by atoms with Crippen LogP contribution in [0.5, 0.6) is 0 Å². The molecule has 10 heteroatoms. The topological polar surface area (TPSA) is 129 Å². The van der Waals surface area contributed by atoms with Crippen molar-refractivity contribution >= 4 is 23.7 Å². The summed E-state index contributed by atoms with van der Waals surface area (Å²) in [6.45, 7) is 10.8. The van der Waals surface area contributed by atoms with Crippen molar-refractivity contribution in [2.75, 3.05) is 20.1 Å². The lowest BCUT2D eigenvalue weighted by Crippen LogP contribution is -2.45. The number of aliphatic imine (C=N–C) groups is 1. The van der Waals surface area contributed by atoms with Crippen molar-refractivity contribution in [3.63, 3.8) is 0 Å². The van der Waals surface area contributed by atoms with E-state index in [-0.39, 0.29) is 11.7 Å². The van der Waals surface area contributed by atoms with Crippen molar-refractivity contribution in [3.05, 3.63) is 36.4 Å². The van der Waals surface area contributed by atoms with Crippen LogP contribution in [0, 0.1) is 0 Å². The summed E-state index contributed by atoms with van der Waals surface area (Å²) in [5.41, 5.74) is 5.52. The summed E-state index contributed by atoms with van der Waals surface area (Å²) in [5.74, 6) is 0.00307. The van der Waals surface area contributed by atoms with E-state index < -0.39 is 23.6 Å². The maximum Gasteiger partial charge on any atom is 0.407 e. The molecule has 0 aromatic carbocycles. The zero-order valence-corrected chi connectivity index (χ0v) is 17.9. The molecule has 4 N–H and O–H groups in total. The van der Waals surface area contributed by atoms with Crippen molar-refractivity contribution in [2.24, 2.45) is 10.7 Å². The number of nitrogens with two attached hydrogens (primary N) is 1. The minimum Gasteiger partial charge on any atom is -0.444 e. The minimum absolute atomic E-state index is 0.0141. The fourth-order valence-electron chi connectivity index (χ4n) is 3.00. The number of carbonyl (C=O) groups excluding carboxylic acids is 3. The van der Waals surface area contributed by atoms with E-state index in [1.807, 2.05) is 25.7 Å². The molecule has 164 valence electrons. The average Bonchev–Trinajstić information content (AvgIpc) is 2.87. The van der Waals surface area contributed by atoms with Gasteiger partial charge in [-0.2, -0.15) is 0 Å². The van der Waals surface area contributed by atoms with E-state index in [0.29, 0.717) is 24.6 Å². The highest BCUT2D eigenvalue weighted by Gasteiger charge is 2.30. The summed E-state index contributed by atoms with van der Waals surface area (Å²) in [4.78, 5) is 43.1. The number of carbonyl (C=O) groups is 3. The molecule has 0 atom stereocenters. The zero-order chi connectivity index (χ0) is 22.5. The van der Waals surface area contributed by atoms with Crippen molar-refractivity contribution in [1.82, 2.24) is 20.4 Å². The van der Waals surface area contributed by atoms with E-state index in [1.54, 1.807) is 0 Å². The van der Waals surface area contributed by atoms with Gasteiger partial charge in [0.25, 0.3) is 5.91 Å². The number of rotatable bonds is 5. The quantitative estimate of drug-likeness (QED) is 0.352. The van der Waals surface area contributed by atoms with Crippen LogP contribution in [-0.4, -0.2) is 65.3 Å². The summed E-state index contributed by atoms with van der Waals surface area (Å²) < 4.78 is 5.29.